The number of aromatic nitrogens is 2. The van der Waals surface area contributed by atoms with Crippen molar-refractivity contribution in [2.45, 2.75) is 19.4 Å². The maximum Gasteiger partial charge on any atom is 0.315 e. The third-order valence-corrected chi connectivity index (χ3v) is 4.82. The number of carbonyl (C=O) groups is 1. The maximum absolute atomic E-state index is 12.2. The number of fused-ring (bicyclic) bond motifs is 1. The summed E-state index contributed by atoms with van der Waals surface area (Å²) in [5.41, 5.74) is 3.14. The van der Waals surface area contributed by atoms with Crippen molar-refractivity contribution in [1.29, 1.82) is 0 Å². The highest BCUT2D eigenvalue weighted by molar-refractivity contribution is 5.74. The maximum atomic E-state index is 12.2. The molecule has 0 bridgehead atoms. The number of benzene rings is 2. The molecule has 0 spiro atoms. The lowest BCUT2D eigenvalue weighted by Crippen LogP contribution is -2.38. The van der Waals surface area contributed by atoms with Crippen LogP contribution in [0.5, 0.6) is 11.5 Å². The van der Waals surface area contributed by atoms with Gasteiger partial charge in [-0.25, -0.2) is 9.48 Å². The number of hydrogen-bond acceptors (Lipinski definition) is 4. The average molecular weight is 392 g/mol. The molecule has 0 saturated heterocycles. The van der Waals surface area contributed by atoms with Crippen LogP contribution in [0.2, 0.25) is 0 Å². The van der Waals surface area contributed by atoms with Crippen LogP contribution in [0.1, 0.15) is 24.1 Å². The van der Waals surface area contributed by atoms with Crippen molar-refractivity contribution >= 4 is 6.03 Å². The van der Waals surface area contributed by atoms with Gasteiger partial charge in [0.2, 0.25) is 0 Å². The van der Waals surface area contributed by atoms with Gasteiger partial charge in [-0.2, -0.15) is 5.10 Å². The SMILES string of the molecule is CC(NC(=O)NCCc1ccc(-n2cccn2)cc1)c1ccc2c(c1)OCCO2. The van der Waals surface area contributed by atoms with Crippen molar-refractivity contribution in [3.8, 4) is 17.2 Å². The van der Waals surface area contributed by atoms with Gasteiger partial charge in [0.05, 0.1) is 11.7 Å². The highest BCUT2D eigenvalue weighted by atomic mass is 16.6. The Balaban J connectivity index is 1.24. The third kappa shape index (κ3) is 4.68. The van der Waals surface area contributed by atoms with Crippen LogP contribution in [0.25, 0.3) is 5.69 Å². The number of nitrogens with one attached hydrogen (secondary N) is 2. The number of hydrogen-bond donors (Lipinski definition) is 2. The summed E-state index contributed by atoms with van der Waals surface area (Å²) in [5.74, 6) is 1.47. The van der Waals surface area contributed by atoms with Crippen molar-refractivity contribution < 1.29 is 14.3 Å². The number of rotatable bonds is 6. The highest BCUT2D eigenvalue weighted by Crippen LogP contribution is 2.32. The summed E-state index contributed by atoms with van der Waals surface area (Å²) in [7, 11) is 0. The van der Waals surface area contributed by atoms with Crippen molar-refractivity contribution in [2.24, 2.45) is 0 Å². The van der Waals surface area contributed by atoms with E-state index in [1.54, 1.807) is 6.20 Å². The van der Waals surface area contributed by atoms with E-state index in [1.165, 1.54) is 0 Å². The fraction of sp³-hybridized carbons (Fsp3) is 0.273. The molecule has 1 aliphatic rings. The fourth-order valence-electron chi connectivity index (χ4n) is 3.22. The zero-order chi connectivity index (χ0) is 20.1. The van der Waals surface area contributed by atoms with Crippen LogP contribution in [-0.4, -0.2) is 35.6 Å². The second-order valence-electron chi connectivity index (χ2n) is 6.89. The van der Waals surface area contributed by atoms with Crippen molar-refractivity contribution in [2.75, 3.05) is 19.8 Å². The largest absolute Gasteiger partial charge is 0.486 e. The molecule has 150 valence electrons. The smallest absolute Gasteiger partial charge is 0.315 e. The van der Waals surface area contributed by atoms with Gasteiger partial charge >= 0.3 is 6.03 Å². The second-order valence-corrected chi connectivity index (χ2v) is 6.89. The Morgan fingerprint density at radius 3 is 2.69 bits per heavy atom. The standard InChI is InChI=1S/C22H24N4O3/c1-16(18-5-8-20-21(15-18)29-14-13-28-20)25-22(27)23-11-9-17-3-6-19(7-4-17)26-12-2-10-24-26/h2-8,10,12,15-16H,9,11,13-14H2,1H3,(H2,23,25,27). The number of carbonyl (C=O) groups excluding carboxylic acids is 1. The molecule has 0 radical (unpaired) electrons. The molecule has 0 saturated carbocycles. The van der Waals surface area contributed by atoms with E-state index < -0.39 is 0 Å². The van der Waals surface area contributed by atoms with Gasteiger partial charge in [0.1, 0.15) is 13.2 Å². The van der Waals surface area contributed by atoms with Crippen LogP contribution in [-0.2, 0) is 6.42 Å². The molecule has 1 unspecified atom stereocenters. The topological polar surface area (TPSA) is 77.4 Å². The van der Waals surface area contributed by atoms with E-state index in [0.29, 0.717) is 19.8 Å². The number of urea groups is 1. The van der Waals surface area contributed by atoms with Gasteiger partial charge in [-0.05, 0) is 54.8 Å². The molecule has 29 heavy (non-hydrogen) atoms. The molecule has 7 heteroatoms. The summed E-state index contributed by atoms with van der Waals surface area (Å²) < 4.78 is 13.0. The summed E-state index contributed by atoms with van der Waals surface area (Å²) in [6.45, 7) is 3.61. The minimum Gasteiger partial charge on any atom is -0.486 e. The van der Waals surface area contributed by atoms with E-state index in [-0.39, 0.29) is 12.1 Å². The predicted octanol–water partition coefficient (Wildman–Crippen LogP) is 3.25. The van der Waals surface area contributed by atoms with Crippen LogP contribution in [0.15, 0.2) is 60.9 Å². The normalized spacial score (nSPS) is 13.6. The van der Waals surface area contributed by atoms with Crippen molar-refractivity contribution in [3.05, 3.63) is 72.1 Å². The van der Waals surface area contributed by atoms with E-state index in [9.17, 15) is 4.79 Å². The number of ether oxygens (including phenoxy) is 2. The molecule has 1 aliphatic heterocycles. The molecule has 1 aromatic heterocycles. The van der Waals surface area contributed by atoms with Crippen LogP contribution < -0.4 is 20.1 Å². The summed E-state index contributed by atoms with van der Waals surface area (Å²) in [4.78, 5) is 12.2. The molecule has 4 rings (SSSR count). The highest BCUT2D eigenvalue weighted by Gasteiger charge is 2.15. The Hall–Kier alpha value is -3.48. The van der Waals surface area contributed by atoms with Crippen molar-refractivity contribution in [3.63, 3.8) is 0 Å². The molecule has 2 aromatic carbocycles. The Morgan fingerprint density at radius 1 is 1.14 bits per heavy atom. The summed E-state index contributed by atoms with van der Waals surface area (Å²) in [5, 5.41) is 10.1. The molecule has 0 aliphatic carbocycles. The Kier molecular flexibility index (Phi) is 5.65. The summed E-state index contributed by atoms with van der Waals surface area (Å²) >= 11 is 0. The van der Waals surface area contributed by atoms with E-state index in [4.69, 9.17) is 9.47 Å². The van der Waals surface area contributed by atoms with Gasteiger partial charge in [0, 0.05) is 18.9 Å². The molecule has 7 nitrogen and oxygen atoms in total. The van der Waals surface area contributed by atoms with E-state index in [2.05, 4.69) is 27.9 Å². The predicted molar refractivity (Wildman–Crippen MR) is 110 cm³/mol. The van der Waals surface area contributed by atoms with E-state index in [1.807, 2.05) is 54.2 Å². The lowest BCUT2D eigenvalue weighted by atomic mass is 10.1. The number of nitrogens with zero attached hydrogens (tertiary/aromatic N) is 2. The Bertz CT molecular complexity index is 955. The first-order chi connectivity index (χ1) is 14.2. The minimum atomic E-state index is -0.194. The fourth-order valence-corrected chi connectivity index (χ4v) is 3.22. The molecular weight excluding hydrogens is 368 g/mol. The van der Waals surface area contributed by atoms with Gasteiger partial charge in [0.25, 0.3) is 0 Å². The Morgan fingerprint density at radius 2 is 1.93 bits per heavy atom. The van der Waals surface area contributed by atoms with E-state index in [0.717, 1.165) is 34.7 Å². The first-order valence-electron chi connectivity index (χ1n) is 9.72. The monoisotopic (exact) mass is 392 g/mol. The molecule has 2 N–H and O–H groups in total. The number of amides is 2. The van der Waals surface area contributed by atoms with Crippen LogP contribution >= 0.6 is 0 Å². The molecule has 2 amide bonds. The first-order valence-corrected chi connectivity index (χ1v) is 9.72. The van der Waals surface area contributed by atoms with Gasteiger partial charge in [-0.15, -0.1) is 0 Å². The molecular formula is C22H24N4O3. The summed E-state index contributed by atoms with van der Waals surface area (Å²) in [6.07, 6.45) is 4.41. The quantitative estimate of drug-likeness (QED) is 0.675. The average Bonchev–Trinajstić information content (AvgIpc) is 3.29. The molecule has 2 heterocycles. The second kappa shape index (κ2) is 8.68. The van der Waals surface area contributed by atoms with Gasteiger partial charge in [-0.1, -0.05) is 18.2 Å². The van der Waals surface area contributed by atoms with Gasteiger partial charge < -0.3 is 20.1 Å². The lowest BCUT2D eigenvalue weighted by Gasteiger charge is -2.21. The minimum absolute atomic E-state index is 0.140. The third-order valence-electron chi connectivity index (χ3n) is 4.82. The van der Waals surface area contributed by atoms with Crippen LogP contribution in [0, 0.1) is 0 Å². The lowest BCUT2D eigenvalue weighted by molar-refractivity contribution is 0.171. The zero-order valence-corrected chi connectivity index (χ0v) is 16.3. The summed E-state index contributed by atoms with van der Waals surface area (Å²) in [6, 6.07) is 15.4. The van der Waals surface area contributed by atoms with Crippen LogP contribution in [0.3, 0.4) is 0 Å². The van der Waals surface area contributed by atoms with Crippen LogP contribution in [0.4, 0.5) is 4.79 Å². The van der Waals surface area contributed by atoms with Crippen molar-refractivity contribution in [1.82, 2.24) is 20.4 Å². The zero-order valence-electron chi connectivity index (χ0n) is 16.3. The molecule has 0 fully saturated rings. The first kappa shape index (κ1) is 18.9. The van der Waals surface area contributed by atoms with Gasteiger partial charge in [0.15, 0.2) is 11.5 Å². The van der Waals surface area contributed by atoms with E-state index >= 15 is 0 Å². The molecule has 3 aromatic rings. The van der Waals surface area contributed by atoms with Gasteiger partial charge in [-0.3, -0.25) is 0 Å². The Labute approximate surface area is 169 Å². The molecule has 1 atom stereocenters.